The lowest BCUT2D eigenvalue weighted by atomic mass is 10.2. The predicted octanol–water partition coefficient (Wildman–Crippen LogP) is 3.02. The number of hydrogen-bond donors (Lipinski definition) is 2. The number of benzene rings is 1. The van der Waals surface area contributed by atoms with Gasteiger partial charge in [0.05, 0.1) is 18.8 Å². The Morgan fingerprint density at radius 3 is 2.46 bits per heavy atom. The molecule has 0 amide bonds. The van der Waals surface area contributed by atoms with E-state index in [0.29, 0.717) is 13.1 Å². The van der Waals surface area contributed by atoms with Crippen molar-refractivity contribution in [2.24, 2.45) is 4.99 Å². The van der Waals surface area contributed by atoms with Crippen LogP contribution in [0.4, 0.5) is 5.82 Å². The fraction of sp³-hybridized carbons (Fsp3) is 0.333. The third-order valence-electron chi connectivity index (χ3n) is 3.29. The van der Waals surface area contributed by atoms with Gasteiger partial charge in [-0.15, -0.1) is 24.0 Å². The lowest BCUT2D eigenvalue weighted by molar-refractivity contribution is 0.798. The van der Waals surface area contributed by atoms with Crippen molar-refractivity contribution in [1.29, 1.82) is 0 Å². The number of hydrogen-bond acceptors (Lipinski definition) is 3. The van der Waals surface area contributed by atoms with Gasteiger partial charge in [-0.1, -0.05) is 36.4 Å². The number of anilines is 1. The summed E-state index contributed by atoms with van der Waals surface area (Å²) in [5.74, 6) is 1.75. The van der Waals surface area contributed by atoms with E-state index in [1.54, 1.807) is 0 Å². The van der Waals surface area contributed by atoms with E-state index in [4.69, 9.17) is 0 Å². The minimum absolute atomic E-state index is 0. The average Bonchev–Trinajstić information content (AvgIpc) is 2.58. The van der Waals surface area contributed by atoms with Crippen molar-refractivity contribution >= 4 is 35.8 Å². The Bertz CT molecular complexity index is 628. The van der Waals surface area contributed by atoms with E-state index < -0.39 is 0 Å². The molecule has 1 aromatic carbocycles. The number of aromatic nitrogens is 1. The second-order valence-electron chi connectivity index (χ2n) is 5.42. The Balaban J connectivity index is 0.00000288. The topological polar surface area (TPSA) is 52.6 Å². The zero-order valence-corrected chi connectivity index (χ0v) is 16.8. The van der Waals surface area contributed by atoms with Gasteiger partial charge in [-0.2, -0.15) is 0 Å². The number of nitrogens with zero attached hydrogens (tertiary/aromatic N) is 3. The minimum Gasteiger partial charge on any atom is -0.363 e. The van der Waals surface area contributed by atoms with Crippen molar-refractivity contribution in [3.63, 3.8) is 0 Å². The van der Waals surface area contributed by atoms with Crippen molar-refractivity contribution < 1.29 is 0 Å². The third kappa shape index (κ3) is 6.74. The summed E-state index contributed by atoms with van der Waals surface area (Å²) in [5.41, 5.74) is 2.18. The van der Waals surface area contributed by atoms with Gasteiger partial charge >= 0.3 is 0 Å². The molecule has 0 atom stereocenters. The highest BCUT2D eigenvalue weighted by Gasteiger charge is 2.02. The smallest absolute Gasteiger partial charge is 0.191 e. The first kappa shape index (κ1) is 20.2. The van der Waals surface area contributed by atoms with Crippen LogP contribution >= 0.6 is 24.0 Å². The lowest BCUT2D eigenvalue weighted by Gasteiger charge is -2.14. The van der Waals surface area contributed by atoms with E-state index in [0.717, 1.165) is 24.0 Å². The number of aliphatic imine (C=N–C) groups is 1. The zero-order chi connectivity index (χ0) is 16.5. The second-order valence-corrected chi connectivity index (χ2v) is 5.42. The van der Waals surface area contributed by atoms with Gasteiger partial charge in [0, 0.05) is 20.6 Å². The third-order valence-corrected chi connectivity index (χ3v) is 3.29. The predicted molar refractivity (Wildman–Crippen MR) is 112 cm³/mol. The van der Waals surface area contributed by atoms with E-state index in [1.807, 2.05) is 55.4 Å². The Morgan fingerprint density at radius 1 is 1.04 bits per heavy atom. The van der Waals surface area contributed by atoms with Crippen molar-refractivity contribution in [3.05, 3.63) is 59.8 Å². The fourth-order valence-corrected chi connectivity index (χ4v) is 2.08. The molecule has 1 heterocycles. The molecule has 0 aliphatic heterocycles. The molecule has 0 unspecified atom stereocenters. The van der Waals surface area contributed by atoms with Crippen LogP contribution in [0.3, 0.4) is 0 Å². The Morgan fingerprint density at radius 2 is 1.79 bits per heavy atom. The maximum Gasteiger partial charge on any atom is 0.191 e. The largest absolute Gasteiger partial charge is 0.363 e. The van der Waals surface area contributed by atoms with E-state index in [2.05, 4.69) is 39.7 Å². The molecule has 0 aliphatic carbocycles. The van der Waals surface area contributed by atoms with Crippen molar-refractivity contribution in [3.8, 4) is 0 Å². The molecule has 0 saturated carbocycles. The Labute approximate surface area is 161 Å². The molecule has 24 heavy (non-hydrogen) atoms. The highest BCUT2D eigenvalue weighted by Crippen LogP contribution is 2.07. The molecule has 130 valence electrons. The molecule has 5 nitrogen and oxygen atoms in total. The molecule has 6 heteroatoms. The van der Waals surface area contributed by atoms with Crippen LogP contribution in [0, 0.1) is 0 Å². The molecule has 1 aromatic heterocycles. The average molecular weight is 439 g/mol. The number of rotatable bonds is 6. The Hall–Kier alpha value is -1.83. The first-order chi connectivity index (χ1) is 11.2. The van der Waals surface area contributed by atoms with Gasteiger partial charge in [0.2, 0.25) is 0 Å². The summed E-state index contributed by atoms with van der Waals surface area (Å²) in [5, 5.41) is 6.59. The molecular weight excluding hydrogens is 413 g/mol. The van der Waals surface area contributed by atoms with Gasteiger partial charge in [0.25, 0.3) is 0 Å². The number of guanidine groups is 1. The number of pyridine rings is 1. The van der Waals surface area contributed by atoms with Crippen molar-refractivity contribution in [2.75, 3.05) is 25.5 Å². The normalized spacial score (nSPS) is 10.7. The summed E-state index contributed by atoms with van der Waals surface area (Å²) in [7, 11) is 3.98. The van der Waals surface area contributed by atoms with Crippen LogP contribution in [-0.2, 0) is 13.1 Å². The number of nitrogens with one attached hydrogen (secondary N) is 2. The van der Waals surface area contributed by atoms with Gasteiger partial charge in [0.1, 0.15) is 5.82 Å². The Kier molecular flexibility index (Phi) is 9.14. The molecule has 2 rings (SSSR count). The summed E-state index contributed by atoms with van der Waals surface area (Å²) < 4.78 is 0. The van der Waals surface area contributed by atoms with Crippen LogP contribution in [0.1, 0.15) is 18.2 Å². The van der Waals surface area contributed by atoms with Crippen LogP contribution in [0.25, 0.3) is 0 Å². The minimum atomic E-state index is 0. The molecule has 0 fully saturated rings. The summed E-state index contributed by atoms with van der Waals surface area (Å²) in [6.45, 7) is 4.18. The molecule has 0 spiro atoms. The first-order valence-corrected chi connectivity index (χ1v) is 7.88. The van der Waals surface area contributed by atoms with E-state index in [9.17, 15) is 0 Å². The molecule has 0 bridgehead atoms. The van der Waals surface area contributed by atoms with Gasteiger partial charge in [-0.25, -0.2) is 9.98 Å². The van der Waals surface area contributed by atoms with Crippen molar-refractivity contribution in [1.82, 2.24) is 15.6 Å². The SMILES string of the molecule is CCNC(=NCc1ccccc1)NCc1cccc(N(C)C)n1.I. The first-order valence-electron chi connectivity index (χ1n) is 7.88. The van der Waals surface area contributed by atoms with Crippen LogP contribution in [0.5, 0.6) is 0 Å². The maximum absolute atomic E-state index is 4.61. The van der Waals surface area contributed by atoms with Crippen LogP contribution in [0.15, 0.2) is 53.5 Å². The van der Waals surface area contributed by atoms with Gasteiger partial charge in [-0.3, -0.25) is 0 Å². The quantitative estimate of drug-likeness (QED) is 0.413. The lowest BCUT2D eigenvalue weighted by Crippen LogP contribution is -2.37. The van der Waals surface area contributed by atoms with Crippen molar-refractivity contribution in [2.45, 2.75) is 20.0 Å². The van der Waals surface area contributed by atoms with E-state index in [1.165, 1.54) is 5.56 Å². The summed E-state index contributed by atoms with van der Waals surface area (Å²) in [6, 6.07) is 16.3. The molecule has 0 radical (unpaired) electrons. The van der Waals surface area contributed by atoms with E-state index in [-0.39, 0.29) is 24.0 Å². The monoisotopic (exact) mass is 439 g/mol. The summed E-state index contributed by atoms with van der Waals surface area (Å²) in [4.78, 5) is 11.2. The molecule has 0 saturated heterocycles. The molecule has 2 aromatic rings. The molecule has 2 N–H and O–H groups in total. The molecular formula is C18H26IN5. The summed E-state index contributed by atoms with van der Waals surface area (Å²) in [6.07, 6.45) is 0. The highest BCUT2D eigenvalue weighted by molar-refractivity contribution is 14.0. The van der Waals surface area contributed by atoms with Gasteiger partial charge in [-0.05, 0) is 24.6 Å². The van der Waals surface area contributed by atoms with Crippen LogP contribution < -0.4 is 15.5 Å². The van der Waals surface area contributed by atoms with Crippen LogP contribution in [0.2, 0.25) is 0 Å². The van der Waals surface area contributed by atoms with E-state index >= 15 is 0 Å². The fourth-order valence-electron chi connectivity index (χ4n) is 2.08. The van der Waals surface area contributed by atoms with Gasteiger partial charge < -0.3 is 15.5 Å². The molecule has 0 aliphatic rings. The standard InChI is InChI=1S/C18H25N5.HI/c1-4-19-18(20-13-15-9-6-5-7-10-15)21-14-16-11-8-12-17(22-16)23(2)3;/h5-12H,4,13-14H2,1-3H3,(H2,19,20,21);1H. The van der Waals surface area contributed by atoms with Crippen LogP contribution in [-0.4, -0.2) is 31.6 Å². The zero-order valence-electron chi connectivity index (χ0n) is 14.5. The second kappa shape index (κ2) is 10.9. The van der Waals surface area contributed by atoms with Gasteiger partial charge in [0.15, 0.2) is 5.96 Å². The maximum atomic E-state index is 4.61. The number of halogens is 1. The summed E-state index contributed by atoms with van der Waals surface area (Å²) >= 11 is 0. The highest BCUT2D eigenvalue weighted by atomic mass is 127.